The molecule has 0 aliphatic rings. The molecule has 0 radical (unpaired) electrons. The summed E-state index contributed by atoms with van der Waals surface area (Å²) in [6.07, 6.45) is -0.219. The number of methoxy groups -OCH3 is 2. The van der Waals surface area contributed by atoms with Gasteiger partial charge in [-0.2, -0.15) is 0 Å². The Bertz CT molecular complexity index is 383. The second kappa shape index (κ2) is 6.37. The summed E-state index contributed by atoms with van der Waals surface area (Å²) in [5.41, 5.74) is 2.69. The van der Waals surface area contributed by atoms with Gasteiger partial charge in [-0.15, -0.1) is 0 Å². The van der Waals surface area contributed by atoms with Gasteiger partial charge in [0.05, 0.1) is 20.1 Å². The molecule has 17 heavy (non-hydrogen) atoms. The molecule has 0 aliphatic heterocycles. The van der Waals surface area contributed by atoms with Gasteiger partial charge in [0, 0.05) is 7.11 Å². The van der Waals surface area contributed by atoms with Crippen LogP contribution in [0, 0.1) is 6.92 Å². The van der Waals surface area contributed by atoms with E-state index in [0.29, 0.717) is 0 Å². The average molecular weight is 238 g/mol. The van der Waals surface area contributed by atoms with Crippen LogP contribution in [0.15, 0.2) is 18.2 Å². The number of benzene rings is 1. The molecule has 1 N–H and O–H groups in total. The van der Waals surface area contributed by atoms with Crippen molar-refractivity contribution in [3.05, 3.63) is 34.9 Å². The monoisotopic (exact) mass is 238 g/mol. The molecule has 4 nitrogen and oxygen atoms in total. The Balaban J connectivity index is 3.11. The number of carbonyl (C=O) groups is 1. The van der Waals surface area contributed by atoms with Gasteiger partial charge in [0.15, 0.2) is 0 Å². The molecule has 1 aromatic carbocycles. The number of aliphatic hydroxyl groups is 1. The number of hydrogen-bond donors (Lipinski definition) is 1. The summed E-state index contributed by atoms with van der Waals surface area (Å²) in [7, 11) is 2.90. The quantitative estimate of drug-likeness (QED) is 0.788. The predicted molar refractivity (Wildman–Crippen MR) is 63.7 cm³/mol. The topological polar surface area (TPSA) is 55.8 Å². The van der Waals surface area contributed by atoms with Gasteiger partial charge >= 0.3 is 5.97 Å². The summed E-state index contributed by atoms with van der Waals surface area (Å²) in [5.74, 6) is -0.301. The van der Waals surface area contributed by atoms with E-state index in [4.69, 9.17) is 4.74 Å². The van der Waals surface area contributed by atoms with Crippen molar-refractivity contribution in [3.8, 4) is 0 Å². The minimum Gasteiger partial charge on any atom is -0.469 e. The van der Waals surface area contributed by atoms with Gasteiger partial charge in [-0.25, -0.2) is 0 Å². The number of hydrogen-bond acceptors (Lipinski definition) is 4. The molecule has 0 spiro atoms. The fourth-order valence-corrected chi connectivity index (χ4v) is 1.87. The lowest BCUT2D eigenvalue weighted by atomic mass is 9.95. The third-order valence-electron chi connectivity index (χ3n) is 2.75. The second-order valence-electron chi connectivity index (χ2n) is 3.81. The Morgan fingerprint density at radius 2 is 2.12 bits per heavy atom. The minimum atomic E-state index is -0.407. The number of esters is 1. The standard InChI is InChI=1S/C13H18O4/c1-9-5-4-6-10(7-12(15)17-3)13(9)11(8-14)16-2/h4-6,11,14H,7-8H2,1-3H3. The van der Waals surface area contributed by atoms with E-state index in [1.807, 2.05) is 25.1 Å². The highest BCUT2D eigenvalue weighted by Crippen LogP contribution is 2.25. The van der Waals surface area contributed by atoms with Gasteiger partial charge in [0.25, 0.3) is 0 Å². The van der Waals surface area contributed by atoms with E-state index in [-0.39, 0.29) is 19.0 Å². The maximum atomic E-state index is 11.3. The molecule has 0 aromatic heterocycles. The predicted octanol–water partition coefficient (Wildman–Crippen LogP) is 1.39. The Morgan fingerprint density at radius 1 is 1.41 bits per heavy atom. The van der Waals surface area contributed by atoms with Gasteiger partial charge in [0.1, 0.15) is 6.10 Å². The first-order chi connectivity index (χ1) is 8.13. The van der Waals surface area contributed by atoms with Gasteiger partial charge in [-0.3, -0.25) is 4.79 Å². The van der Waals surface area contributed by atoms with Crippen LogP contribution in [-0.4, -0.2) is 31.9 Å². The van der Waals surface area contributed by atoms with Crippen molar-refractivity contribution in [2.75, 3.05) is 20.8 Å². The normalized spacial score (nSPS) is 12.2. The van der Waals surface area contributed by atoms with Crippen LogP contribution in [-0.2, 0) is 20.7 Å². The van der Waals surface area contributed by atoms with Crippen molar-refractivity contribution in [3.63, 3.8) is 0 Å². The van der Waals surface area contributed by atoms with Crippen LogP contribution >= 0.6 is 0 Å². The van der Waals surface area contributed by atoms with Crippen LogP contribution in [0.2, 0.25) is 0 Å². The summed E-state index contributed by atoms with van der Waals surface area (Å²) in [6.45, 7) is 1.81. The SMILES string of the molecule is COC(=O)Cc1cccc(C)c1C(CO)OC. The van der Waals surface area contributed by atoms with E-state index in [1.54, 1.807) is 0 Å². The summed E-state index contributed by atoms with van der Waals surface area (Å²) >= 11 is 0. The Hall–Kier alpha value is -1.39. The minimum absolute atomic E-state index is 0.116. The molecule has 0 bridgehead atoms. The molecule has 1 rings (SSSR count). The number of rotatable bonds is 5. The van der Waals surface area contributed by atoms with E-state index < -0.39 is 6.10 Å². The van der Waals surface area contributed by atoms with Crippen molar-refractivity contribution < 1.29 is 19.4 Å². The Labute approximate surface area is 101 Å². The molecule has 1 aromatic rings. The lowest BCUT2D eigenvalue weighted by Crippen LogP contribution is -2.14. The van der Waals surface area contributed by atoms with Crippen LogP contribution in [0.1, 0.15) is 22.8 Å². The zero-order valence-electron chi connectivity index (χ0n) is 10.4. The van der Waals surface area contributed by atoms with Crippen LogP contribution in [0.25, 0.3) is 0 Å². The molecule has 4 heteroatoms. The Kier molecular flexibility index (Phi) is 5.12. The van der Waals surface area contributed by atoms with Gasteiger partial charge < -0.3 is 14.6 Å². The largest absolute Gasteiger partial charge is 0.469 e. The molecule has 0 aliphatic carbocycles. The third-order valence-corrected chi connectivity index (χ3v) is 2.75. The summed E-state index contributed by atoms with van der Waals surface area (Å²) in [5, 5.41) is 9.28. The number of aliphatic hydroxyl groups excluding tert-OH is 1. The lowest BCUT2D eigenvalue weighted by Gasteiger charge is -2.19. The van der Waals surface area contributed by atoms with E-state index in [1.165, 1.54) is 14.2 Å². The zero-order valence-corrected chi connectivity index (χ0v) is 10.4. The van der Waals surface area contributed by atoms with Crippen LogP contribution in [0.5, 0.6) is 0 Å². The molecule has 0 heterocycles. The van der Waals surface area contributed by atoms with E-state index in [0.717, 1.165) is 16.7 Å². The molecule has 0 saturated heterocycles. The molecule has 0 amide bonds. The first-order valence-corrected chi connectivity index (χ1v) is 5.42. The van der Waals surface area contributed by atoms with Crippen molar-refractivity contribution in [1.82, 2.24) is 0 Å². The van der Waals surface area contributed by atoms with Crippen LogP contribution in [0.4, 0.5) is 0 Å². The van der Waals surface area contributed by atoms with E-state index >= 15 is 0 Å². The highest BCUT2D eigenvalue weighted by Gasteiger charge is 2.18. The van der Waals surface area contributed by atoms with Crippen molar-refractivity contribution in [2.45, 2.75) is 19.4 Å². The summed E-state index contributed by atoms with van der Waals surface area (Å²) in [4.78, 5) is 11.3. The molecule has 0 fully saturated rings. The third kappa shape index (κ3) is 3.28. The number of ether oxygens (including phenoxy) is 2. The first kappa shape index (κ1) is 13.7. The van der Waals surface area contributed by atoms with Gasteiger partial charge in [0.2, 0.25) is 0 Å². The average Bonchev–Trinajstić information content (AvgIpc) is 2.33. The van der Waals surface area contributed by atoms with Crippen molar-refractivity contribution >= 4 is 5.97 Å². The zero-order chi connectivity index (χ0) is 12.8. The van der Waals surface area contributed by atoms with Crippen molar-refractivity contribution in [1.29, 1.82) is 0 Å². The maximum Gasteiger partial charge on any atom is 0.309 e. The van der Waals surface area contributed by atoms with Crippen LogP contribution < -0.4 is 0 Å². The lowest BCUT2D eigenvalue weighted by molar-refractivity contribution is -0.139. The molecule has 0 saturated carbocycles. The number of carbonyl (C=O) groups excluding carboxylic acids is 1. The van der Waals surface area contributed by atoms with E-state index in [9.17, 15) is 9.90 Å². The molecule has 1 atom stereocenters. The molecular weight excluding hydrogens is 220 g/mol. The first-order valence-electron chi connectivity index (χ1n) is 5.42. The van der Waals surface area contributed by atoms with Crippen LogP contribution in [0.3, 0.4) is 0 Å². The molecular formula is C13H18O4. The Morgan fingerprint density at radius 3 is 2.65 bits per heavy atom. The summed E-state index contributed by atoms with van der Waals surface area (Å²) in [6, 6.07) is 5.65. The van der Waals surface area contributed by atoms with Gasteiger partial charge in [-0.05, 0) is 23.6 Å². The molecule has 1 unspecified atom stereocenters. The highest BCUT2D eigenvalue weighted by atomic mass is 16.5. The fraction of sp³-hybridized carbons (Fsp3) is 0.462. The second-order valence-corrected chi connectivity index (χ2v) is 3.81. The smallest absolute Gasteiger partial charge is 0.309 e. The van der Waals surface area contributed by atoms with Crippen molar-refractivity contribution in [2.24, 2.45) is 0 Å². The summed E-state index contributed by atoms with van der Waals surface area (Å²) < 4.78 is 9.87. The highest BCUT2D eigenvalue weighted by molar-refractivity contribution is 5.73. The van der Waals surface area contributed by atoms with Gasteiger partial charge in [-0.1, -0.05) is 18.2 Å². The molecule has 94 valence electrons. The maximum absolute atomic E-state index is 11.3. The van der Waals surface area contributed by atoms with E-state index in [2.05, 4.69) is 4.74 Å². The number of aryl methyl sites for hydroxylation is 1. The fourth-order valence-electron chi connectivity index (χ4n) is 1.87.